The minimum atomic E-state index is 0.0466. The third kappa shape index (κ3) is 2.29. The topological polar surface area (TPSA) is 80.2 Å². The van der Waals surface area contributed by atoms with Crippen molar-refractivity contribution in [3.05, 3.63) is 28.8 Å². The van der Waals surface area contributed by atoms with Gasteiger partial charge in [-0.25, -0.2) is 0 Å². The number of aromatic hydroxyl groups is 2. The highest BCUT2D eigenvalue weighted by Gasteiger charge is 2.35. The molecule has 0 saturated heterocycles. The van der Waals surface area contributed by atoms with Crippen LogP contribution >= 0.6 is 0 Å². The summed E-state index contributed by atoms with van der Waals surface area (Å²) in [7, 11) is 4.61. The van der Waals surface area contributed by atoms with Crippen molar-refractivity contribution in [2.24, 2.45) is 0 Å². The average molecular weight is 357 g/mol. The van der Waals surface area contributed by atoms with E-state index in [1.807, 2.05) is 0 Å². The fourth-order valence-electron chi connectivity index (χ4n) is 4.35. The lowest BCUT2D eigenvalue weighted by Crippen LogP contribution is -2.30. The van der Waals surface area contributed by atoms with Crippen molar-refractivity contribution in [3.63, 3.8) is 0 Å². The highest BCUT2D eigenvalue weighted by molar-refractivity contribution is 5.88. The molecule has 1 aliphatic carbocycles. The third-order valence-electron chi connectivity index (χ3n) is 5.38. The van der Waals surface area contributed by atoms with Crippen LogP contribution < -0.4 is 19.5 Å². The van der Waals surface area contributed by atoms with Gasteiger partial charge >= 0.3 is 0 Å². The van der Waals surface area contributed by atoms with E-state index < -0.39 is 0 Å². The van der Waals surface area contributed by atoms with Crippen molar-refractivity contribution >= 4 is 0 Å². The van der Waals surface area contributed by atoms with E-state index in [2.05, 4.69) is 5.32 Å². The second-order valence-electron chi connectivity index (χ2n) is 6.67. The Morgan fingerprint density at radius 2 is 1.50 bits per heavy atom. The Balaban J connectivity index is 2.15. The summed E-state index contributed by atoms with van der Waals surface area (Å²) in [6.45, 7) is 0.866. The van der Waals surface area contributed by atoms with E-state index in [-0.39, 0.29) is 23.3 Å². The Morgan fingerprint density at radius 1 is 0.846 bits per heavy atom. The van der Waals surface area contributed by atoms with Crippen molar-refractivity contribution in [1.29, 1.82) is 0 Å². The number of phenols is 2. The maximum atomic E-state index is 10.6. The van der Waals surface area contributed by atoms with Gasteiger partial charge in [-0.2, -0.15) is 0 Å². The summed E-state index contributed by atoms with van der Waals surface area (Å²) < 4.78 is 16.6. The molecule has 2 aliphatic rings. The Labute approximate surface area is 152 Å². The van der Waals surface area contributed by atoms with Gasteiger partial charge in [-0.15, -0.1) is 0 Å². The second-order valence-corrected chi connectivity index (χ2v) is 6.67. The Bertz CT molecular complexity index is 877. The first-order valence-electron chi connectivity index (χ1n) is 8.74. The van der Waals surface area contributed by atoms with Crippen molar-refractivity contribution in [1.82, 2.24) is 5.32 Å². The zero-order valence-electron chi connectivity index (χ0n) is 15.2. The molecule has 0 aromatic heterocycles. The van der Waals surface area contributed by atoms with E-state index in [0.717, 1.165) is 53.6 Å². The number of fused-ring (bicyclic) bond motifs is 2. The van der Waals surface area contributed by atoms with E-state index in [1.54, 1.807) is 26.4 Å². The summed E-state index contributed by atoms with van der Waals surface area (Å²) in [5.74, 6) is 1.33. The van der Waals surface area contributed by atoms with Crippen molar-refractivity contribution in [2.75, 3.05) is 27.9 Å². The molecule has 2 aromatic rings. The molecule has 2 aromatic carbocycles. The molecule has 0 spiro atoms. The first kappa shape index (κ1) is 16.8. The third-order valence-corrected chi connectivity index (χ3v) is 5.38. The Morgan fingerprint density at radius 3 is 2.19 bits per heavy atom. The highest BCUT2D eigenvalue weighted by atomic mass is 16.5. The van der Waals surface area contributed by atoms with Crippen LogP contribution in [0.4, 0.5) is 0 Å². The lowest BCUT2D eigenvalue weighted by Gasteiger charge is -2.29. The largest absolute Gasteiger partial charge is 0.504 e. The maximum absolute atomic E-state index is 10.6. The maximum Gasteiger partial charge on any atom is 0.203 e. The van der Waals surface area contributed by atoms with Crippen LogP contribution in [0.2, 0.25) is 0 Å². The Kier molecular flexibility index (Phi) is 4.07. The van der Waals surface area contributed by atoms with Gasteiger partial charge < -0.3 is 29.7 Å². The predicted octanol–water partition coefficient (Wildman–Crippen LogP) is 2.92. The number of benzene rings is 2. The summed E-state index contributed by atoms with van der Waals surface area (Å²) in [5, 5.41) is 24.5. The lowest BCUT2D eigenvalue weighted by molar-refractivity contribution is 0.333. The monoisotopic (exact) mass is 357 g/mol. The molecule has 3 N–H and O–H groups in total. The molecule has 0 saturated carbocycles. The first-order valence-corrected chi connectivity index (χ1v) is 8.74. The molecule has 138 valence electrons. The summed E-state index contributed by atoms with van der Waals surface area (Å²) in [6, 6.07) is 3.69. The van der Waals surface area contributed by atoms with Crippen LogP contribution in [0.25, 0.3) is 11.1 Å². The van der Waals surface area contributed by atoms with Crippen LogP contribution in [0.1, 0.15) is 29.2 Å². The molecule has 0 fully saturated rings. The van der Waals surface area contributed by atoms with E-state index in [4.69, 9.17) is 14.2 Å². The summed E-state index contributed by atoms with van der Waals surface area (Å²) >= 11 is 0. The summed E-state index contributed by atoms with van der Waals surface area (Å²) in [6.07, 6.45) is 2.48. The van der Waals surface area contributed by atoms with Crippen molar-refractivity contribution in [2.45, 2.75) is 25.3 Å². The zero-order chi connectivity index (χ0) is 18.4. The van der Waals surface area contributed by atoms with Gasteiger partial charge in [-0.1, -0.05) is 0 Å². The number of hydrogen-bond donors (Lipinski definition) is 3. The normalized spacial score (nSPS) is 17.7. The van der Waals surface area contributed by atoms with Crippen LogP contribution in [-0.4, -0.2) is 38.1 Å². The van der Waals surface area contributed by atoms with Gasteiger partial charge in [0.15, 0.2) is 23.0 Å². The smallest absolute Gasteiger partial charge is 0.203 e. The molecule has 26 heavy (non-hydrogen) atoms. The SMILES string of the molecule is COc1c(O)cc2c(c1OC)-c1c(OC)c(O)cc3c1C(CC2)NCC3. The summed E-state index contributed by atoms with van der Waals surface area (Å²) in [5.41, 5.74) is 4.84. The van der Waals surface area contributed by atoms with Gasteiger partial charge in [0.25, 0.3) is 0 Å². The minimum absolute atomic E-state index is 0.0466. The Hall–Kier alpha value is -2.60. The van der Waals surface area contributed by atoms with E-state index in [9.17, 15) is 10.2 Å². The van der Waals surface area contributed by atoms with Crippen molar-refractivity contribution in [3.8, 4) is 39.9 Å². The van der Waals surface area contributed by atoms with E-state index in [1.165, 1.54) is 7.11 Å². The standard InChI is InChI=1S/C20H23NO5/c1-24-18-13(22)9-11-6-7-21-12-5-4-10-8-14(23)19(25-2)20(26-3)16(10)17(18)15(11)12/h8-9,12,21-23H,4-7H2,1-3H3. The molecule has 0 radical (unpaired) electrons. The molecule has 4 rings (SSSR count). The van der Waals surface area contributed by atoms with Gasteiger partial charge in [0.1, 0.15) is 0 Å². The van der Waals surface area contributed by atoms with Gasteiger partial charge in [-0.05, 0) is 54.6 Å². The molecule has 0 amide bonds. The number of methoxy groups -OCH3 is 3. The van der Waals surface area contributed by atoms with Crippen LogP contribution in [0.3, 0.4) is 0 Å². The fraction of sp³-hybridized carbons (Fsp3) is 0.400. The predicted molar refractivity (Wildman–Crippen MR) is 97.6 cm³/mol. The molecular formula is C20H23NO5. The molecule has 1 heterocycles. The zero-order valence-corrected chi connectivity index (χ0v) is 15.2. The van der Waals surface area contributed by atoms with Crippen LogP contribution in [0.5, 0.6) is 28.7 Å². The van der Waals surface area contributed by atoms with Crippen molar-refractivity contribution < 1.29 is 24.4 Å². The number of phenolic OH excluding ortho intramolecular Hbond substituents is 2. The molecule has 1 aliphatic heterocycles. The molecule has 1 unspecified atom stereocenters. The molecular weight excluding hydrogens is 334 g/mol. The average Bonchev–Trinajstić information content (AvgIpc) is 2.79. The van der Waals surface area contributed by atoms with Gasteiger partial charge in [0, 0.05) is 17.2 Å². The number of hydrogen-bond acceptors (Lipinski definition) is 6. The minimum Gasteiger partial charge on any atom is -0.504 e. The number of rotatable bonds is 3. The first-order chi connectivity index (χ1) is 12.6. The van der Waals surface area contributed by atoms with Crippen LogP contribution in [0, 0.1) is 0 Å². The van der Waals surface area contributed by atoms with E-state index in [0.29, 0.717) is 11.5 Å². The molecule has 6 nitrogen and oxygen atoms in total. The summed E-state index contributed by atoms with van der Waals surface area (Å²) in [4.78, 5) is 0. The number of aryl methyl sites for hydroxylation is 1. The molecule has 1 atom stereocenters. The highest BCUT2D eigenvalue weighted by Crippen LogP contribution is 2.55. The fourth-order valence-corrected chi connectivity index (χ4v) is 4.35. The second kappa shape index (κ2) is 6.29. The van der Waals surface area contributed by atoms with Gasteiger partial charge in [0.2, 0.25) is 5.75 Å². The quantitative estimate of drug-likeness (QED) is 0.784. The van der Waals surface area contributed by atoms with Gasteiger partial charge in [0.05, 0.1) is 21.3 Å². The number of nitrogens with one attached hydrogen (secondary N) is 1. The molecule has 6 heteroatoms. The van der Waals surface area contributed by atoms with E-state index >= 15 is 0 Å². The number of ether oxygens (including phenoxy) is 3. The molecule has 0 bridgehead atoms. The van der Waals surface area contributed by atoms with Crippen LogP contribution in [-0.2, 0) is 12.8 Å². The van der Waals surface area contributed by atoms with Gasteiger partial charge in [-0.3, -0.25) is 0 Å². The lowest BCUT2D eigenvalue weighted by atomic mass is 9.86. The van der Waals surface area contributed by atoms with Crippen LogP contribution in [0.15, 0.2) is 12.1 Å².